The second kappa shape index (κ2) is 4.13. The second-order valence-corrected chi connectivity index (χ2v) is 4.19. The van der Waals surface area contributed by atoms with Gasteiger partial charge in [0.25, 0.3) is 0 Å². The average Bonchev–Trinajstić information content (AvgIpc) is 2.28. The fourth-order valence-electron chi connectivity index (χ4n) is 1.51. The Kier molecular flexibility index (Phi) is 2.82. The van der Waals surface area contributed by atoms with Crippen LogP contribution in [0.1, 0.15) is 0 Å². The van der Waals surface area contributed by atoms with Crippen LogP contribution in [-0.4, -0.2) is 31.0 Å². The lowest BCUT2D eigenvalue weighted by Gasteiger charge is -2.21. The predicted octanol–water partition coefficient (Wildman–Crippen LogP) is 1.45. The minimum Gasteiger partial charge on any atom is -0.502 e. The second-order valence-electron chi connectivity index (χ2n) is 3.17. The van der Waals surface area contributed by atoms with E-state index >= 15 is 0 Å². The number of rotatable bonds is 2. The van der Waals surface area contributed by atoms with Crippen LogP contribution in [0.3, 0.4) is 0 Å². The van der Waals surface area contributed by atoms with E-state index in [4.69, 9.17) is 9.47 Å². The number of hydrogen-bond donors (Lipinski definition) is 2. The zero-order valence-corrected chi connectivity index (χ0v) is 9.68. The first-order chi connectivity index (χ1) is 7.67. The van der Waals surface area contributed by atoms with Crippen molar-refractivity contribution in [3.63, 3.8) is 0 Å². The Morgan fingerprint density at radius 3 is 2.81 bits per heavy atom. The molecule has 6 heteroatoms. The molecule has 2 rings (SSSR count). The van der Waals surface area contributed by atoms with Crippen molar-refractivity contribution in [1.29, 1.82) is 0 Å². The van der Waals surface area contributed by atoms with Gasteiger partial charge in [-0.2, -0.15) is 0 Å². The Morgan fingerprint density at radius 2 is 2.19 bits per heavy atom. The summed E-state index contributed by atoms with van der Waals surface area (Å²) in [5, 5.41) is 12.5. The van der Waals surface area contributed by atoms with Gasteiger partial charge >= 0.3 is 0 Å². The molecule has 1 heterocycles. The first kappa shape index (κ1) is 10.9. The third-order valence-electron chi connectivity index (χ3n) is 2.23. The summed E-state index contributed by atoms with van der Waals surface area (Å²) in [6.45, 7) is 0. The third-order valence-corrected chi connectivity index (χ3v) is 3.27. The highest BCUT2D eigenvalue weighted by Gasteiger charge is 2.24. The zero-order valence-electron chi connectivity index (χ0n) is 8.86. The number of ether oxygens (including phenoxy) is 2. The molecule has 1 aromatic carbocycles. The lowest BCUT2D eigenvalue weighted by atomic mass is 10.2. The molecular formula is C10H11NO4S. The summed E-state index contributed by atoms with van der Waals surface area (Å²) < 4.78 is 10.1. The highest BCUT2D eigenvalue weighted by molar-refractivity contribution is 8.00. The van der Waals surface area contributed by atoms with Crippen molar-refractivity contribution in [3.05, 3.63) is 6.07 Å². The number of benzene rings is 1. The Bertz CT molecular complexity index is 447. The normalized spacial score (nSPS) is 14.0. The van der Waals surface area contributed by atoms with E-state index in [1.807, 2.05) is 0 Å². The average molecular weight is 241 g/mol. The van der Waals surface area contributed by atoms with Crippen LogP contribution in [0.4, 0.5) is 5.69 Å². The predicted molar refractivity (Wildman–Crippen MR) is 60.6 cm³/mol. The van der Waals surface area contributed by atoms with Gasteiger partial charge in [0.1, 0.15) is 5.69 Å². The molecule has 1 amide bonds. The lowest BCUT2D eigenvalue weighted by molar-refractivity contribution is -0.113. The first-order valence-corrected chi connectivity index (χ1v) is 5.56. The van der Waals surface area contributed by atoms with Crippen molar-refractivity contribution < 1.29 is 19.4 Å². The topological polar surface area (TPSA) is 67.8 Å². The number of nitrogens with one attached hydrogen (secondary N) is 1. The lowest BCUT2D eigenvalue weighted by Crippen LogP contribution is -2.19. The van der Waals surface area contributed by atoms with Crippen LogP contribution in [-0.2, 0) is 4.79 Å². The maximum Gasteiger partial charge on any atom is 0.234 e. The summed E-state index contributed by atoms with van der Waals surface area (Å²) in [4.78, 5) is 12.1. The highest BCUT2D eigenvalue weighted by Crippen LogP contribution is 2.48. The van der Waals surface area contributed by atoms with E-state index in [2.05, 4.69) is 5.32 Å². The summed E-state index contributed by atoms with van der Waals surface area (Å²) in [5.74, 6) is 0.699. The third kappa shape index (κ3) is 1.65. The molecule has 1 aliphatic heterocycles. The highest BCUT2D eigenvalue weighted by atomic mass is 32.2. The van der Waals surface area contributed by atoms with Crippen LogP contribution in [0.25, 0.3) is 0 Å². The molecule has 0 radical (unpaired) electrons. The molecule has 0 unspecified atom stereocenters. The van der Waals surface area contributed by atoms with E-state index in [1.54, 1.807) is 6.07 Å². The largest absolute Gasteiger partial charge is 0.502 e. The number of aromatic hydroxyl groups is 1. The molecule has 0 saturated carbocycles. The van der Waals surface area contributed by atoms with Crippen LogP contribution in [0.2, 0.25) is 0 Å². The van der Waals surface area contributed by atoms with Gasteiger partial charge < -0.3 is 19.9 Å². The van der Waals surface area contributed by atoms with Crippen molar-refractivity contribution in [3.8, 4) is 17.2 Å². The fourth-order valence-corrected chi connectivity index (χ4v) is 2.34. The van der Waals surface area contributed by atoms with E-state index in [0.29, 0.717) is 17.2 Å². The molecule has 1 aliphatic rings. The molecule has 2 N–H and O–H groups in total. The van der Waals surface area contributed by atoms with Crippen LogP contribution < -0.4 is 14.8 Å². The summed E-state index contributed by atoms with van der Waals surface area (Å²) >= 11 is 1.38. The number of phenols is 1. The quantitative estimate of drug-likeness (QED) is 0.820. The number of amides is 1. The monoisotopic (exact) mass is 241 g/mol. The van der Waals surface area contributed by atoms with Gasteiger partial charge in [0, 0.05) is 4.90 Å². The van der Waals surface area contributed by atoms with Crippen LogP contribution in [0.15, 0.2) is 11.0 Å². The number of hydrogen-bond acceptors (Lipinski definition) is 5. The molecule has 0 spiro atoms. The molecular weight excluding hydrogens is 230 g/mol. The van der Waals surface area contributed by atoms with E-state index in [0.717, 1.165) is 4.90 Å². The zero-order chi connectivity index (χ0) is 11.7. The first-order valence-electron chi connectivity index (χ1n) is 4.58. The number of carbonyl (C=O) groups is 1. The Labute approximate surface area is 96.7 Å². The molecule has 0 aliphatic carbocycles. The smallest absolute Gasteiger partial charge is 0.234 e. The number of carbonyl (C=O) groups excluding carboxylic acids is 1. The summed E-state index contributed by atoms with van der Waals surface area (Å²) in [6, 6.07) is 1.68. The van der Waals surface area contributed by atoms with E-state index in [1.165, 1.54) is 26.0 Å². The van der Waals surface area contributed by atoms with Gasteiger partial charge in [-0.25, -0.2) is 0 Å². The molecule has 0 bridgehead atoms. The molecule has 16 heavy (non-hydrogen) atoms. The van der Waals surface area contributed by atoms with Crippen LogP contribution in [0, 0.1) is 0 Å². The fraction of sp³-hybridized carbons (Fsp3) is 0.300. The van der Waals surface area contributed by atoms with Gasteiger partial charge in [-0.15, -0.1) is 11.8 Å². The molecule has 86 valence electrons. The molecule has 5 nitrogen and oxygen atoms in total. The van der Waals surface area contributed by atoms with Crippen LogP contribution in [0.5, 0.6) is 17.2 Å². The van der Waals surface area contributed by atoms with Gasteiger partial charge in [-0.1, -0.05) is 0 Å². The van der Waals surface area contributed by atoms with Crippen molar-refractivity contribution in [1.82, 2.24) is 0 Å². The Balaban J connectivity index is 2.60. The molecule has 0 atom stereocenters. The van der Waals surface area contributed by atoms with Crippen LogP contribution >= 0.6 is 11.8 Å². The van der Waals surface area contributed by atoms with Crippen molar-refractivity contribution in [2.24, 2.45) is 0 Å². The molecule has 0 fully saturated rings. The van der Waals surface area contributed by atoms with Gasteiger partial charge in [-0.3, -0.25) is 4.79 Å². The number of methoxy groups -OCH3 is 2. The van der Waals surface area contributed by atoms with Gasteiger partial charge in [-0.05, 0) is 6.07 Å². The summed E-state index contributed by atoms with van der Waals surface area (Å²) in [6.07, 6.45) is 0. The molecule has 0 aromatic heterocycles. The van der Waals surface area contributed by atoms with Gasteiger partial charge in [0.2, 0.25) is 11.7 Å². The molecule has 1 aromatic rings. The van der Waals surface area contributed by atoms with E-state index < -0.39 is 0 Å². The van der Waals surface area contributed by atoms with Crippen molar-refractivity contribution in [2.75, 3.05) is 25.3 Å². The van der Waals surface area contributed by atoms with E-state index in [-0.39, 0.29) is 17.4 Å². The SMILES string of the molecule is COc1cc2c(c(OC)c1O)NC(=O)CS2. The molecule has 0 saturated heterocycles. The minimum absolute atomic E-state index is 0.105. The maximum absolute atomic E-state index is 11.3. The standard InChI is InChI=1S/C10H11NO4S/c1-14-5-3-6-8(10(15-2)9(5)13)11-7(12)4-16-6/h3,13H,4H2,1-2H3,(H,11,12). The van der Waals surface area contributed by atoms with Gasteiger partial charge in [0.05, 0.1) is 20.0 Å². The number of anilines is 1. The summed E-state index contributed by atoms with van der Waals surface area (Å²) in [5.41, 5.74) is 0.502. The number of fused-ring (bicyclic) bond motifs is 1. The Morgan fingerprint density at radius 1 is 1.44 bits per heavy atom. The maximum atomic E-state index is 11.3. The minimum atomic E-state index is -0.111. The number of phenolic OH excluding ortho intramolecular Hbond substituents is 1. The Hall–Kier alpha value is -1.56. The number of thioether (sulfide) groups is 1. The summed E-state index contributed by atoms with van der Waals surface area (Å²) in [7, 11) is 2.90. The van der Waals surface area contributed by atoms with E-state index in [9.17, 15) is 9.90 Å². The van der Waals surface area contributed by atoms with Crippen molar-refractivity contribution in [2.45, 2.75) is 4.90 Å². The van der Waals surface area contributed by atoms with Crippen molar-refractivity contribution >= 4 is 23.4 Å². The van der Waals surface area contributed by atoms with Gasteiger partial charge in [0.15, 0.2) is 11.5 Å².